The zero-order valence-corrected chi connectivity index (χ0v) is 31.2. The summed E-state index contributed by atoms with van der Waals surface area (Å²) in [5, 5.41) is 29.9. The Hall–Kier alpha value is -6.98. The third kappa shape index (κ3) is 4.43. The lowest BCUT2D eigenvalue weighted by molar-refractivity contribution is 0.406. The highest BCUT2D eigenvalue weighted by Crippen LogP contribution is 2.52. The molecular formula is C49H33B3N2O2. The first-order valence-corrected chi connectivity index (χ1v) is 19.1. The number of nitrogens with zero attached hydrogens (tertiary/aromatic N) is 2. The molecule has 10 aromatic rings. The van der Waals surface area contributed by atoms with Gasteiger partial charge in [-0.05, 0) is 95.0 Å². The molecule has 11 rings (SSSR count). The first kappa shape index (κ1) is 32.5. The summed E-state index contributed by atoms with van der Waals surface area (Å²) >= 11 is 0. The molecule has 0 spiro atoms. The van der Waals surface area contributed by atoms with Crippen LogP contribution in [0.15, 0.2) is 152 Å². The van der Waals surface area contributed by atoms with Crippen LogP contribution in [0.1, 0.15) is 0 Å². The predicted octanol–water partition coefficient (Wildman–Crippen LogP) is 7.32. The van der Waals surface area contributed by atoms with E-state index in [1.54, 1.807) is 0 Å². The van der Waals surface area contributed by atoms with E-state index in [0.717, 1.165) is 38.6 Å². The van der Waals surface area contributed by atoms with Crippen LogP contribution in [0.25, 0.3) is 105 Å². The number of rotatable bonds is 4. The maximum Gasteiger partial charge on any atom is 0.180 e. The fourth-order valence-electron chi connectivity index (χ4n) is 9.39. The molecule has 2 N–H and O–H groups in total. The summed E-state index contributed by atoms with van der Waals surface area (Å²) in [5.74, 6) is 0.433. The average Bonchev–Trinajstić information content (AvgIpc) is 3.79. The monoisotopic (exact) mass is 714 g/mol. The number of benzene rings is 9. The molecule has 1 aliphatic rings. The van der Waals surface area contributed by atoms with Crippen LogP contribution >= 0.6 is 0 Å². The Labute approximate surface area is 326 Å². The minimum absolute atomic E-state index is 0.108. The zero-order chi connectivity index (χ0) is 37.8. The number of hydrogen-bond acceptors (Lipinski definition) is 3. The third-order valence-corrected chi connectivity index (χ3v) is 12.2. The van der Waals surface area contributed by atoms with Crippen molar-refractivity contribution in [2.45, 2.75) is 0 Å². The largest absolute Gasteiger partial charge is 0.505 e. The van der Waals surface area contributed by atoms with Crippen LogP contribution in [-0.2, 0) is 0 Å². The van der Waals surface area contributed by atoms with Crippen LogP contribution in [0.3, 0.4) is 0 Å². The number of fused-ring (bicyclic) bond motifs is 6. The predicted molar refractivity (Wildman–Crippen MR) is 242 cm³/mol. The van der Waals surface area contributed by atoms with Crippen LogP contribution in [0.5, 0.6) is 11.5 Å². The maximum absolute atomic E-state index is 11.5. The van der Waals surface area contributed by atoms with E-state index in [4.69, 9.17) is 4.98 Å². The van der Waals surface area contributed by atoms with E-state index in [2.05, 4.69) is 127 Å². The van der Waals surface area contributed by atoms with Gasteiger partial charge in [0.15, 0.2) is 11.5 Å². The second kappa shape index (κ2) is 12.0. The number of phenols is 2. The number of phenolic OH excluding ortho intramolecular Hbond substituents is 2. The summed E-state index contributed by atoms with van der Waals surface area (Å²) in [6.07, 6.45) is 0. The van der Waals surface area contributed by atoms with Crippen molar-refractivity contribution in [3.63, 3.8) is 0 Å². The van der Waals surface area contributed by atoms with Crippen molar-refractivity contribution in [1.82, 2.24) is 9.55 Å². The van der Waals surface area contributed by atoms with Crippen molar-refractivity contribution in [2.24, 2.45) is 0 Å². The Kier molecular flexibility index (Phi) is 6.96. The molecule has 0 saturated heterocycles. The molecule has 1 heterocycles. The second-order valence-electron chi connectivity index (χ2n) is 15.0. The summed E-state index contributed by atoms with van der Waals surface area (Å²) in [6.45, 7) is 0. The summed E-state index contributed by atoms with van der Waals surface area (Å²) in [4.78, 5) is 5.17. The fraction of sp³-hybridized carbons (Fsp3) is 0. The molecule has 56 heavy (non-hydrogen) atoms. The fourth-order valence-corrected chi connectivity index (χ4v) is 9.39. The first-order chi connectivity index (χ1) is 27.4. The normalized spacial score (nSPS) is 11.9. The molecule has 1 aliphatic carbocycles. The van der Waals surface area contributed by atoms with E-state index < -0.39 is 0 Å². The van der Waals surface area contributed by atoms with Crippen LogP contribution in [-0.4, -0.2) is 43.3 Å². The number of aromatic nitrogens is 2. The highest BCUT2D eigenvalue weighted by Gasteiger charge is 2.26. The summed E-state index contributed by atoms with van der Waals surface area (Å²) in [6, 6.07) is 54.2. The lowest BCUT2D eigenvalue weighted by atomic mass is 9.70. The van der Waals surface area contributed by atoms with E-state index in [9.17, 15) is 10.2 Å². The van der Waals surface area contributed by atoms with Gasteiger partial charge in [-0.3, -0.25) is 4.57 Å². The minimum atomic E-state index is -0.148. The Balaban J connectivity index is 1.17. The molecule has 260 valence electrons. The lowest BCUT2D eigenvalue weighted by Gasteiger charge is -2.20. The highest BCUT2D eigenvalue weighted by molar-refractivity contribution is 6.59. The van der Waals surface area contributed by atoms with Gasteiger partial charge >= 0.3 is 0 Å². The number of aromatic hydroxyl groups is 2. The topological polar surface area (TPSA) is 58.3 Å². The van der Waals surface area contributed by atoms with Gasteiger partial charge in [0, 0.05) is 5.56 Å². The van der Waals surface area contributed by atoms with Crippen molar-refractivity contribution in [3.05, 3.63) is 152 Å². The zero-order valence-electron chi connectivity index (χ0n) is 31.2. The van der Waals surface area contributed by atoms with Gasteiger partial charge in [0.05, 0.1) is 16.7 Å². The Morgan fingerprint density at radius 1 is 0.429 bits per heavy atom. The van der Waals surface area contributed by atoms with Gasteiger partial charge in [-0.1, -0.05) is 150 Å². The van der Waals surface area contributed by atoms with Gasteiger partial charge in [-0.15, -0.1) is 0 Å². The number of para-hydroxylation sites is 2. The molecule has 1 aromatic heterocycles. The lowest BCUT2D eigenvalue weighted by Crippen LogP contribution is -2.41. The summed E-state index contributed by atoms with van der Waals surface area (Å²) < 4.78 is 2.00. The molecule has 0 saturated carbocycles. The molecule has 0 fully saturated rings. The van der Waals surface area contributed by atoms with E-state index >= 15 is 0 Å². The van der Waals surface area contributed by atoms with E-state index in [1.165, 1.54) is 65.7 Å². The van der Waals surface area contributed by atoms with Crippen molar-refractivity contribution in [1.29, 1.82) is 0 Å². The van der Waals surface area contributed by atoms with E-state index in [1.807, 2.05) is 52.4 Å². The third-order valence-electron chi connectivity index (χ3n) is 12.2. The highest BCUT2D eigenvalue weighted by atomic mass is 16.3. The molecule has 0 bridgehead atoms. The van der Waals surface area contributed by atoms with Gasteiger partial charge in [0.2, 0.25) is 0 Å². The number of imidazole rings is 1. The average molecular weight is 714 g/mol. The SMILES string of the molecule is Bc1c(B)c(O)c(O)c(-n2c(-c3cccc(-c4c5ccccc5c(-c5ccc6c7c(cccc57)-c5ccccc5-6)c5ccccc45)c3)nc3ccccc32)c1B. The summed E-state index contributed by atoms with van der Waals surface area (Å²) in [5.41, 5.74) is 15.4. The quantitative estimate of drug-likeness (QED) is 0.114. The first-order valence-electron chi connectivity index (χ1n) is 19.1. The molecule has 7 heteroatoms. The van der Waals surface area contributed by atoms with Gasteiger partial charge in [0.1, 0.15) is 29.4 Å². The van der Waals surface area contributed by atoms with Crippen molar-refractivity contribution in [3.8, 4) is 73.1 Å². The van der Waals surface area contributed by atoms with E-state index in [0.29, 0.717) is 17.0 Å². The Morgan fingerprint density at radius 2 is 0.964 bits per heavy atom. The Morgan fingerprint density at radius 3 is 1.68 bits per heavy atom. The van der Waals surface area contributed by atoms with Crippen molar-refractivity contribution < 1.29 is 10.2 Å². The van der Waals surface area contributed by atoms with Crippen LogP contribution in [0, 0.1) is 0 Å². The van der Waals surface area contributed by atoms with Crippen molar-refractivity contribution in [2.75, 3.05) is 0 Å². The molecule has 0 amide bonds. The van der Waals surface area contributed by atoms with Crippen LogP contribution in [0.2, 0.25) is 0 Å². The molecule has 4 nitrogen and oxygen atoms in total. The summed E-state index contributed by atoms with van der Waals surface area (Å²) in [7, 11) is 5.81. The molecule has 0 atom stereocenters. The van der Waals surface area contributed by atoms with Gasteiger partial charge in [0.25, 0.3) is 0 Å². The second-order valence-corrected chi connectivity index (χ2v) is 15.0. The Bertz CT molecular complexity index is 3220. The smallest absolute Gasteiger partial charge is 0.180 e. The molecule has 0 aliphatic heterocycles. The van der Waals surface area contributed by atoms with Gasteiger partial charge < -0.3 is 10.2 Å². The van der Waals surface area contributed by atoms with E-state index in [-0.39, 0.29) is 11.5 Å². The minimum Gasteiger partial charge on any atom is -0.505 e. The van der Waals surface area contributed by atoms with Gasteiger partial charge in [-0.2, -0.15) is 0 Å². The molecule has 0 radical (unpaired) electrons. The number of hydrogen-bond donors (Lipinski definition) is 2. The molecular weight excluding hydrogens is 681 g/mol. The maximum atomic E-state index is 11.5. The molecule has 9 aromatic carbocycles. The standard InChI is InChI=1S/C49H33B3N2O2/c50-43-44(51)46(48(56)47(55)45(43)52)54-39-22-8-7-21-38(39)53-49(54)27-12-9-11-26(25-27)40-31-15-3-5-17-33(31)42(34-18-6-4-16-32(34)40)37-24-23-36-29-14-2-1-13-28(29)30-19-10-20-35(37)41(30)36/h1-25,55-56H,50-52H2. The van der Waals surface area contributed by atoms with Crippen LogP contribution in [0.4, 0.5) is 0 Å². The molecule has 0 unspecified atom stereocenters. The van der Waals surface area contributed by atoms with Crippen LogP contribution < -0.4 is 16.4 Å². The van der Waals surface area contributed by atoms with Gasteiger partial charge in [-0.25, -0.2) is 4.98 Å². The van der Waals surface area contributed by atoms with Crippen molar-refractivity contribution >= 4 is 83.3 Å².